The molecule has 0 amide bonds. The summed E-state index contributed by atoms with van der Waals surface area (Å²) in [6.07, 6.45) is 18.0. The first kappa shape index (κ1) is 23.2. The standard InChI is InChI=1S/C30H54/c1-21(2)11-9-12-22(3)23-16-18-30(8)26-15-14-24-25(13-10-17-27(24,4)5)28(26,6)19-20-29(23,30)7/h21-26H,9-20H2,1-8H3/t22-,23-,24?,25-,26-,28+,29-,30+/m1/s1. The van der Waals surface area contributed by atoms with Crippen LogP contribution in [-0.2, 0) is 0 Å². The fourth-order valence-electron chi connectivity index (χ4n) is 10.4. The van der Waals surface area contributed by atoms with Crippen molar-refractivity contribution >= 4 is 0 Å². The minimum absolute atomic E-state index is 0.585. The van der Waals surface area contributed by atoms with Crippen molar-refractivity contribution in [3.05, 3.63) is 0 Å². The molecular weight excluding hydrogens is 360 g/mol. The van der Waals surface area contributed by atoms with Gasteiger partial charge in [0.05, 0.1) is 0 Å². The Balaban J connectivity index is 1.56. The molecule has 0 aromatic carbocycles. The van der Waals surface area contributed by atoms with Crippen molar-refractivity contribution in [2.45, 2.75) is 132 Å². The van der Waals surface area contributed by atoms with Crippen LogP contribution in [0.4, 0.5) is 0 Å². The van der Waals surface area contributed by atoms with Crippen LogP contribution in [0.25, 0.3) is 0 Å². The Bertz CT molecular complexity index is 616. The van der Waals surface area contributed by atoms with Crippen LogP contribution in [0.1, 0.15) is 132 Å². The molecule has 4 aliphatic rings. The highest BCUT2D eigenvalue weighted by Crippen LogP contribution is 2.75. The van der Waals surface area contributed by atoms with Crippen molar-refractivity contribution in [2.24, 2.45) is 57.2 Å². The topological polar surface area (TPSA) is 0 Å². The summed E-state index contributed by atoms with van der Waals surface area (Å²) in [4.78, 5) is 0. The van der Waals surface area contributed by atoms with Gasteiger partial charge in [-0.2, -0.15) is 0 Å². The van der Waals surface area contributed by atoms with Gasteiger partial charge in [0.1, 0.15) is 0 Å². The molecule has 0 aromatic heterocycles. The van der Waals surface area contributed by atoms with Crippen LogP contribution in [0.2, 0.25) is 0 Å². The molecule has 0 aromatic rings. The van der Waals surface area contributed by atoms with Crippen LogP contribution in [0.15, 0.2) is 0 Å². The highest BCUT2D eigenvalue weighted by Gasteiger charge is 2.67. The third-order valence-electron chi connectivity index (χ3n) is 12.4. The van der Waals surface area contributed by atoms with Gasteiger partial charge < -0.3 is 0 Å². The van der Waals surface area contributed by atoms with E-state index in [0.717, 1.165) is 35.5 Å². The lowest BCUT2D eigenvalue weighted by molar-refractivity contribution is -0.188. The van der Waals surface area contributed by atoms with Gasteiger partial charge in [0.15, 0.2) is 0 Å². The van der Waals surface area contributed by atoms with E-state index in [1.807, 2.05) is 0 Å². The maximum Gasteiger partial charge on any atom is -0.0235 e. The van der Waals surface area contributed by atoms with E-state index in [-0.39, 0.29) is 0 Å². The molecule has 0 nitrogen and oxygen atoms in total. The Labute approximate surface area is 189 Å². The van der Waals surface area contributed by atoms with Gasteiger partial charge in [0, 0.05) is 0 Å². The van der Waals surface area contributed by atoms with E-state index in [1.165, 1.54) is 77.0 Å². The Morgan fingerprint density at radius 3 is 2.13 bits per heavy atom. The summed E-state index contributed by atoms with van der Waals surface area (Å²) >= 11 is 0. The van der Waals surface area contributed by atoms with E-state index in [0.29, 0.717) is 21.7 Å². The van der Waals surface area contributed by atoms with E-state index in [4.69, 9.17) is 0 Å². The minimum Gasteiger partial charge on any atom is -0.0628 e. The second-order valence-electron chi connectivity index (χ2n) is 14.5. The van der Waals surface area contributed by atoms with Crippen LogP contribution in [0.5, 0.6) is 0 Å². The maximum atomic E-state index is 2.78. The molecule has 0 heterocycles. The number of hydrogen-bond donors (Lipinski definition) is 0. The summed E-state index contributed by atoms with van der Waals surface area (Å²) in [5, 5.41) is 0. The summed E-state index contributed by atoms with van der Waals surface area (Å²) in [6.45, 7) is 20.9. The average molecular weight is 415 g/mol. The Hall–Kier alpha value is 0. The molecule has 4 saturated carbocycles. The molecule has 174 valence electrons. The first-order chi connectivity index (χ1) is 14.0. The van der Waals surface area contributed by atoms with E-state index >= 15 is 0 Å². The van der Waals surface area contributed by atoms with Gasteiger partial charge in [-0.15, -0.1) is 0 Å². The summed E-state index contributed by atoms with van der Waals surface area (Å²) in [7, 11) is 0. The minimum atomic E-state index is 0.585. The zero-order valence-electron chi connectivity index (χ0n) is 21.9. The van der Waals surface area contributed by atoms with Gasteiger partial charge >= 0.3 is 0 Å². The lowest BCUT2D eigenvalue weighted by Gasteiger charge is -2.67. The molecule has 0 aliphatic heterocycles. The lowest BCUT2D eigenvalue weighted by Crippen LogP contribution is -2.60. The van der Waals surface area contributed by atoms with Crippen molar-refractivity contribution in [3.8, 4) is 0 Å². The quantitative estimate of drug-likeness (QED) is 0.420. The molecule has 0 saturated heterocycles. The zero-order chi connectivity index (χ0) is 21.9. The highest BCUT2D eigenvalue weighted by atomic mass is 14.7. The van der Waals surface area contributed by atoms with Crippen LogP contribution < -0.4 is 0 Å². The monoisotopic (exact) mass is 414 g/mol. The Kier molecular flexibility index (Phi) is 6.02. The van der Waals surface area contributed by atoms with Gasteiger partial charge in [-0.05, 0) is 109 Å². The summed E-state index contributed by atoms with van der Waals surface area (Å²) in [6, 6.07) is 0. The fraction of sp³-hybridized carbons (Fsp3) is 1.00. The van der Waals surface area contributed by atoms with Crippen molar-refractivity contribution in [3.63, 3.8) is 0 Å². The molecule has 4 fully saturated rings. The molecule has 4 aliphatic carbocycles. The smallest absolute Gasteiger partial charge is 0.0235 e. The lowest BCUT2D eigenvalue weighted by atomic mass is 9.37. The van der Waals surface area contributed by atoms with Gasteiger partial charge in [0.2, 0.25) is 0 Å². The first-order valence-electron chi connectivity index (χ1n) is 14.0. The molecule has 4 rings (SSSR count). The molecule has 0 heteroatoms. The predicted molar refractivity (Wildman–Crippen MR) is 131 cm³/mol. The molecule has 0 radical (unpaired) electrons. The second kappa shape index (κ2) is 7.80. The van der Waals surface area contributed by atoms with Gasteiger partial charge in [-0.1, -0.05) is 81.1 Å². The molecule has 30 heavy (non-hydrogen) atoms. The fourth-order valence-corrected chi connectivity index (χ4v) is 10.4. The number of rotatable bonds is 5. The molecule has 0 bridgehead atoms. The van der Waals surface area contributed by atoms with Crippen molar-refractivity contribution in [1.82, 2.24) is 0 Å². The highest BCUT2D eigenvalue weighted by molar-refractivity contribution is 5.16. The Morgan fingerprint density at radius 1 is 0.700 bits per heavy atom. The normalized spacial score (nSPS) is 48.7. The van der Waals surface area contributed by atoms with Crippen LogP contribution in [-0.4, -0.2) is 0 Å². The summed E-state index contributed by atoms with van der Waals surface area (Å²) < 4.78 is 0. The molecular formula is C30H54. The Morgan fingerprint density at radius 2 is 1.43 bits per heavy atom. The van der Waals surface area contributed by atoms with E-state index in [1.54, 1.807) is 0 Å². The van der Waals surface area contributed by atoms with Gasteiger partial charge in [0.25, 0.3) is 0 Å². The average Bonchev–Trinajstić information content (AvgIpc) is 2.93. The van der Waals surface area contributed by atoms with Crippen molar-refractivity contribution in [2.75, 3.05) is 0 Å². The van der Waals surface area contributed by atoms with E-state index in [9.17, 15) is 0 Å². The first-order valence-corrected chi connectivity index (χ1v) is 14.0. The largest absolute Gasteiger partial charge is 0.0628 e. The second-order valence-corrected chi connectivity index (χ2v) is 14.5. The van der Waals surface area contributed by atoms with Crippen LogP contribution >= 0.6 is 0 Å². The van der Waals surface area contributed by atoms with Crippen LogP contribution in [0, 0.1) is 57.2 Å². The van der Waals surface area contributed by atoms with Crippen LogP contribution in [0.3, 0.4) is 0 Å². The van der Waals surface area contributed by atoms with Crippen molar-refractivity contribution in [1.29, 1.82) is 0 Å². The van der Waals surface area contributed by atoms with E-state index < -0.39 is 0 Å². The van der Waals surface area contributed by atoms with Gasteiger partial charge in [-0.25, -0.2) is 0 Å². The number of hydrogen-bond acceptors (Lipinski definition) is 0. The predicted octanol–water partition coefficient (Wildman–Crippen LogP) is 9.52. The van der Waals surface area contributed by atoms with E-state index in [2.05, 4.69) is 55.4 Å². The molecule has 1 unspecified atom stereocenters. The third-order valence-corrected chi connectivity index (χ3v) is 12.4. The molecule has 0 spiro atoms. The summed E-state index contributed by atoms with van der Waals surface area (Å²) in [5.74, 6) is 5.74. The third kappa shape index (κ3) is 3.36. The summed E-state index contributed by atoms with van der Waals surface area (Å²) in [5.41, 5.74) is 2.38. The molecule has 8 atom stereocenters. The zero-order valence-corrected chi connectivity index (χ0v) is 21.9. The van der Waals surface area contributed by atoms with Crippen molar-refractivity contribution < 1.29 is 0 Å². The SMILES string of the molecule is CC(C)CCC[C@@H](C)[C@H]1CC[C@@]2(C)[C@@H]3CCC4[C@@H](CCCC4(C)C)[C@]3(C)CC[C@]12C. The maximum absolute atomic E-state index is 2.78. The molecule has 0 N–H and O–H groups in total. The van der Waals surface area contributed by atoms with Gasteiger partial charge in [-0.3, -0.25) is 0 Å². The number of fused-ring (bicyclic) bond motifs is 5.